The van der Waals surface area contributed by atoms with E-state index in [1.807, 2.05) is 0 Å². The second kappa shape index (κ2) is 7.46. The van der Waals surface area contributed by atoms with Gasteiger partial charge in [-0.25, -0.2) is 13.1 Å². The van der Waals surface area contributed by atoms with Gasteiger partial charge in [0.1, 0.15) is 0 Å². The summed E-state index contributed by atoms with van der Waals surface area (Å²) in [6.45, 7) is 0. The van der Waals surface area contributed by atoms with E-state index in [9.17, 15) is 13.2 Å². The minimum Gasteiger partial charge on any atom is -0.355 e. The number of amides is 1. The molecule has 1 aromatic carbocycles. The molecule has 0 radical (unpaired) electrons. The van der Waals surface area contributed by atoms with Gasteiger partial charge in [0.05, 0.1) is 5.75 Å². The smallest absolute Gasteiger partial charge is 0.251 e. The van der Waals surface area contributed by atoms with Crippen molar-refractivity contribution in [1.29, 1.82) is 0 Å². The van der Waals surface area contributed by atoms with E-state index in [1.165, 1.54) is 19.3 Å². The molecule has 0 bridgehead atoms. The quantitative estimate of drug-likeness (QED) is 0.843. The molecule has 1 amide bonds. The molecule has 2 N–H and O–H groups in total. The van der Waals surface area contributed by atoms with Crippen molar-refractivity contribution in [1.82, 2.24) is 10.0 Å². The van der Waals surface area contributed by atoms with E-state index in [4.69, 9.17) is 0 Å². The highest BCUT2D eigenvalue weighted by Crippen LogP contribution is 2.49. The van der Waals surface area contributed by atoms with Gasteiger partial charge in [-0.1, -0.05) is 37.8 Å². The predicted octanol–water partition coefficient (Wildman–Crippen LogP) is 2.97. The fraction of sp³-hybridized carbons (Fsp3) is 0.632. The van der Waals surface area contributed by atoms with Crippen molar-refractivity contribution >= 4 is 15.9 Å². The molecule has 0 aliphatic heterocycles. The first-order chi connectivity index (χ1) is 11.9. The van der Waals surface area contributed by atoms with Crippen LogP contribution in [0, 0.1) is 5.41 Å². The summed E-state index contributed by atoms with van der Waals surface area (Å²) in [5.41, 5.74) is 1.43. The zero-order chi connectivity index (χ0) is 17.9. The zero-order valence-electron chi connectivity index (χ0n) is 14.9. The Kier molecular flexibility index (Phi) is 5.49. The van der Waals surface area contributed by atoms with E-state index in [-0.39, 0.29) is 23.1 Å². The van der Waals surface area contributed by atoms with E-state index < -0.39 is 10.0 Å². The molecule has 3 rings (SSSR count). The van der Waals surface area contributed by atoms with Crippen LogP contribution >= 0.6 is 0 Å². The van der Waals surface area contributed by atoms with Crippen molar-refractivity contribution < 1.29 is 13.2 Å². The minimum absolute atomic E-state index is 0.0341. The zero-order valence-corrected chi connectivity index (χ0v) is 15.7. The molecule has 2 fully saturated rings. The Morgan fingerprint density at radius 2 is 1.68 bits per heavy atom. The van der Waals surface area contributed by atoms with Gasteiger partial charge in [-0.2, -0.15) is 0 Å². The van der Waals surface area contributed by atoms with Gasteiger partial charge in [0.2, 0.25) is 10.0 Å². The van der Waals surface area contributed by atoms with Crippen LogP contribution < -0.4 is 10.0 Å². The largest absolute Gasteiger partial charge is 0.355 e. The average Bonchev–Trinajstić information content (AvgIpc) is 3.06. The Labute approximate surface area is 150 Å². The second-order valence-corrected chi connectivity index (χ2v) is 9.27. The number of rotatable bonds is 5. The lowest BCUT2D eigenvalue weighted by Crippen LogP contribution is -2.48. The number of nitrogens with one attached hydrogen (secondary N) is 2. The maximum absolute atomic E-state index is 12.7. The Morgan fingerprint density at radius 1 is 1.08 bits per heavy atom. The van der Waals surface area contributed by atoms with Gasteiger partial charge in [-0.3, -0.25) is 4.79 Å². The molecule has 0 heterocycles. The van der Waals surface area contributed by atoms with Gasteiger partial charge in [-0.05, 0) is 48.8 Å². The highest BCUT2D eigenvalue weighted by molar-refractivity contribution is 7.88. The molecule has 6 heteroatoms. The summed E-state index contributed by atoms with van der Waals surface area (Å²) in [5.74, 6) is -0.203. The molecule has 5 nitrogen and oxygen atoms in total. The topological polar surface area (TPSA) is 75.3 Å². The second-order valence-electron chi connectivity index (χ2n) is 7.52. The maximum atomic E-state index is 12.7. The van der Waals surface area contributed by atoms with Crippen LogP contribution in [0.2, 0.25) is 0 Å². The molecule has 0 aromatic heterocycles. The van der Waals surface area contributed by atoms with Gasteiger partial charge < -0.3 is 5.32 Å². The molecule has 1 aromatic rings. The van der Waals surface area contributed by atoms with E-state index in [1.54, 1.807) is 31.3 Å². The highest BCUT2D eigenvalue weighted by Gasteiger charge is 2.44. The van der Waals surface area contributed by atoms with Crippen molar-refractivity contribution in [2.75, 3.05) is 7.05 Å². The fourth-order valence-electron chi connectivity index (χ4n) is 4.54. The van der Waals surface area contributed by atoms with Crippen LogP contribution in [0.4, 0.5) is 0 Å². The van der Waals surface area contributed by atoms with Crippen molar-refractivity contribution in [2.45, 2.75) is 63.2 Å². The van der Waals surface area contributed by atoms with Crippen molar-refractivity contribution in [3.63, 3.8) is 0 Å². The molecule has 2 aliphatic rings. The number of carbonyl (C=O) groups excluding carboxylic acids is 1. The molecule has 2 saturated carbocycles. The van der Waals surface area contributed by atoms with Crippen LogP contribution in [-0.4, -0.2) is 27.4 Å². The maximum Gasteiger partial charge on any atom is 0.251 e. The average molecular weight is 365 g/mol. The lowest BCUT2D eigenvalue weighted by molar-refractivity contribution is 0.0963. The molecular weight excluding hydrogens is 336 g/mol. The van der Waals surface area contributed by atoms with Crippen molar-refractivity contribution in [2.24, 2.45) is 5.41 Å². The van der Waals surface area contributed by atoms with E-state index >= 15 is 0 Å². The minimum atomic E-state index is -3.39. The van der Waals surface area contributed by atoms with Crippen LogP contribution in [-0.2, 0) is 15.8 Å². The first kappa shape index (κ1) is 18.4. The van der Waals surface area contributed by atoms with E-state index in [2.05, 4.69) is 10.0 Å². The SMILES string of the molecule is CNC(=O)c1ccc(CS(=O)(=O)NC2CCCCC23CCCC3)cc1. The summed E-state index contributed by atoms with van der Waals surface area (Å²) in [6, 6.07) is 6.86. The van der Waals surface area contributed by atoms with Crippen LogP contribution in [0.1, 0.15) is 67.3 Å². The highest BCUT2D eigenvalue weighted by atomic mass is 32.2. The van der Waals surface area contributed by atoms with Gasteiger partial charge >= 0.3 is 0 Å². The number of sulfonamides is 1. The molecule has 0 saturated heterocycles. The first-order valence-electron chi connectivity index (χ1n) is 9.25. The van der Waals surface area contributed by atoms with Crippen LogP contribution in [0.3, 0.4) is 0 Å². The lowest BCUT2D eigenvalue weighted by Gasteiger charge is -2.41. The normalized spacial score (nSPS) is 22.8. The Hall–Kier alpha value is -1.40. The van der Waals surface area contributed by atoms with Gasteiger partial charge in [0, 0.05) is 18.7 Å². The molecule has 1 unspecified atom stereocenters. The van der Waals surface area contributed by atoms with Crippen molar-refractivity contribution in [3.05, 3.63) is 35.4 Å². The van der Waals surface area contributed by atoms with Gasteiger partial charge in [0.15, 0.2) is 0 Å². The Morgan fingerprint density at radius 3 is 2.28 bits per heavy atom. The third-order valence-corrected chi connectivity index (χ3v) is 7.23. The predicted molar refractivity (Wildman–Crippen MR) is 98.7 cm³/mol. The van der Waals surface area contributed by atoms with Crippen molar-refractivity contribution in [3.8, 4) is 0 Å². The third-order valence-electron chi connectivity index (χ3n) is 5.88. The van der Waals surface area contributed by atoms with Crippen LogP contribution in [0.5, 0.6) is 0 Å². The lowest BCUT2D eigenvalue weighted by atomic mass is 9.69. The summed E-state index contributed by atoms with van der Waals surface area (Å²) in [5, 5.41) is 2.56. The number of benzene rings is 1. The van der Waals surface area contributed by atoms with Gasteiger partial charge in [-0.15, -0.1) is 0 Å². The van der Waals surface area contributed by atoms with Gasteiger partial charge in [0.25, 0.3) is 5.91 Å². The molecule has 1 spiro atoms. The molecule has 138 valence electrons. The summed E-state index contributed by atoms with van der Waals surface area (Å²) in [4.78, 5) is 11.6. The third kappa shape index (κ3) is 4.23. The summed E-state index contributed by atoms with van der Waals surface area (Å²) in [7, 11) is -1.81. The van der Waals surface area contributed by atoms with E-state index in [0.29, 0.717) is 11.1 Å². The molecule has 2 aliphatic carbocycles. The number of hydrogen-bond donors (Lipinski definition) is 2. The fourth-order valence-corrected chi connectivity index (χ4v) is 6.06. The van der Waals surface area contributed by atoms with Crippen LogP contribution in [0.25, 0.3) is 0 Å². The number of hydrogen-bond acceptors (Lipinski definition) is 3. The Bertz CT molecular complexity index is 707. The Balaban J connectivity index is 1.68. The molecule has 1 atom stereocenters. The monoisotopic (exact) mass is 364 g/mol. The van der Waals surface area contributed by atoms with Crippen LogP contribution in [0.15, 0.2) is 24.3 Å². The molecule has 25 heavy (non-hydrogen) atoms. The van der Waals surface area contributed by atoms with E-state index in [0.717, 1.165) is 32.1 Å². The summed E-state index contributed by atoms with van der Waals surface area (Å²) >= 11 is 0. The summed E-state index contributed by atoms with van der Waals surface area (Å²) in [6.07, 6.45) is 9.19. The first-order valence-corrected chi connectivity index (χ1v) is 10.9. The molecular formula is C19H28N2O3S. The summed E-state index contributed by atoms with van der Waals surface area (Å²) < 4.78 is 28.4. The standard InChI is InChI=1S/C19H28N2O3S/c1-20-18(22)16-9-7-15(8-10-16)14-25(23,24)21-17-6-2-3-11-19(17)12-4-5-13-19/h7-10,17,21H,2-6,11-14H2,1H3,(H,20,22). The number of carbonyl (C=O) groups is 1.